The molecule has 0 N–H and O–H groups in total. The van der Waals surface area contributed by atoms with Crippen LogP contribution in [-0.4, -0.2) is 8.42 Å². The minimum atomic E-state index is -3.75. The zero-order valence-electron chi connectivity index (χ0n) is 12.1. The number of rotatable bonds is 4. The summed E-state index contributed by atoms with van der Waals surface area (Å²) in [4.78, 5) is 0.229. The molecule has 3 aromatic carbocycles. The second-order valence-corrected chi connectivity index (χ2v) is 7.48. The topological polar surface area (TPSA) is 37.4 Å². The highest BCUT2D eigenvalue weighted by Crippen LogP contribution is 2.34. The summed E-state index contributed by atoms with van der Waals surface area (Å²) in [7, 11) is -3.75. The van der Waals surface area contributed by atoms with Crippen LogP contribution in [0.4, 0.5) is 11.4 Å². The quantitative estimate of drug-likeness (QED) is 0.633. The van der Waals surface area contributed by atoms with Gasteiger partial charge in [0.05, 0.1) is 11.4 Å². The van der Waals surface area contributed by atoms with Crippen molar-refractivity contribution in [3.63, 3.8) is 0 Å². The molecule has 0 saturated heterocycles. The second kappa shape index (κ2) is 6.56. The Balaban J connectivity index is 2.22. The number of nitrogens with zero attached hydrogens (tertiary/aromatic N) is 1. The highest BCUT2D eigenvalue weighted by molar-refractivity contribution is 9.10. The number of hydrogen-bond acceptors (Lipinski definition) is 2. The maximum atomic E-state index is 13.3. The Kier molecular flexibility index (Phi) is 4.50. The first-order chi connectivity index (χ1) is 11.1. The van der Waals surface area contributed by atoms with Gasteiger partial charge in [-0.05, 0) is 52.3 Å². The number of anilines is 2. The number of sulfonamides is 1. The highest BCUT2D eigenvalue weighted by Gasteiger charge is 2.28. The maximum absolute atomic E-state index is 13.3. The smallest absolute Gasteiger partial charge is 0.234 e. The van der Waals surface area contributed by atoms with E-state index < -0.39 is 10.0 Å². The minimum Gasteiger partial charge on any atom is -0.234 e. The molecule has 0 atom stereocenters. The van der Waals surface area contributed by atoms with E-state index >= 15 is 0 Å². The van der Waals surface area contributed by atoms with E-state index in [1.807, 2.05) is 36.4 Å². The van der Waals surface area contributed by atoms with E-state index in [-0.39, 0.29) is 4.90 Å². The molecule has 0 aliphatic rings. The van der Waals surface area contributed by atoms with Gasteiger partial charge in [0, 0.05) is 4.47 Å². The lowest BCUT2D eigenvalue weighted by Gasteiger charge is -2.25. The lowest BCUT2D eigenvalue weighted by molar-refractivity contribution is 0.595. The summed E-state index contributed by atoms with van der Waals surface area (Å²) in [5, 5.41) is 0. The molecule has 0 fully saturated rings. The van der Waals surface area contributed by atoms with Gasteiger partial charge in [0.1, 0.15) is 4.90 Å². The molecule has 116 valence electrons. The monoisotopic (exact) mass is 387 g/mol. The fourth-order valence-electron chi connectivity index (χ4n) is 2.31. The van der Waals surface area contributed by atoms with E-state index in [2.05, 4.69) is 15.9 Å². The maximum Gasteiger partial charge on any atom is 0.269 e. The number of halogens is 1. The van der Waals surface area contributed by atoms with Crippen molar-refractivity contribution in [2.75, 3.05) is 4.31 Å². The third-order valence-electron chi connectivity index (χ3n) is 3.34. The van der Waals surface area contributed by atoms with Crippen molar-refractivity contribution >= 4 is 37.3 Å². The van der Waals surface area contributed by atoms with E-state index in [1.54, 1.807) is 48.5 Å². The van der Waals surface area contributed by atoms with E-state index in [9.17, 15) is 8.42 Å². The minimum absolute atomic E-state index is 0.229. The molecule has 0 aromatic heterocycles. The predicted molar refractivity (Wildman–Crippen MR) is 96.4 cm³/mol. The Hall–Kier alpha value is -2.11. The van der Waals surface area contributed by atoms with Crippen LogP contribution in [0.25, 0.3) is 0 Å². The Labute approximate surface area is 144 Å². The van der Waals surface area contributed by atoms with Gasteiger partial charge in [0.25, 0.3) is 10.0 Å². The van der Waals surface area contributed by atoms with Gasteiger partial charge in [0.2, 0.25) is 0 Å². The molecule has 0 spiro atoms. The molecule has 3 rings (SSSR count). The summed E-state index contributed by atoms with van der Waals surface area (Å²) >= 11 is 3.34. The van der Waals surface area contributed by atoms with Crippen molar-refractivity contribution in [1.82, 2.24) is 0 Å². The van der Waals surface area contributed by atoms with Gasteiger partial charge >= 0.3 is 0 Å². The summed E-state index contributed by atoms with van der Waals surface area (Å²) in [6.07, 6.45) is 0. The van der Waals surface area contributed by atoms with Crippen molar-refractivity contribution < 1.29 is 8.42 Å². The van der Waals surface area contributed by atoms with Gasteiger partial charge in [-0.1, -0.05) is 48.5 Å². The van der Waals surface area contributed by atoms with Gasteiger partial charge < -0.3 is 0 Å². The predicted octanol–water partition coefficient (Wildman–Crippen LogP) is 4.98. The molecule has 0 aliphatic carbocycles. The zero-order valence-corrected chi connectivity index (χ0v) is 14.5. The SMILES string of the molecule is O=S(=O)(c1ccccc1Br)N(c1ccccc1)c1ccccc1. The zero-order chi connectivity index (χ0) is 16.3. The Bertz CT molecular complexity index is 857. The fraction of sp³-hybridized carbons (Fsp3) is 0. The average molecular weight is 388 g/mol. The van der Waals surface area contributed by atoms with Crippen LogP contribution in [0.3, 0.4) is 0 Å². The van der Waals surface area contributed by atoms with Crippen molar-refractivity contribution in [2.24, 2.45) is 0 Å². The summed E-state index contributed by atoms with van der Waals surface area (Å²) in [6, 6.07) is 24.9. The van der Waals surface area contributed by atoms with Gasteiger partial charge in [-0.3, -0.25) is 0 Å². The van der Waals surface area contributed by atoms with Crippen LogP contribution in [0.1, 0.15) is 0 Å². The average Bonchev–Trinajstić information content (AvgIpc) is 2.57. The Morgan fingerprint density at radius 1 is 0.652 bits per heavy atom. The first kappa shape index (κ1) is 15.8. The van der Waals surface area contributed by atoms with Crippen LogP contribution in [0.2, 0.25) is 0 Å². The molecule has 3 nitrogen and oxygen atoms in total. The third kappa shape index (κ3) is 3.16. The largest absolute Gasteiger partial charge is 0.269 e. The van der Waals surface area contributed by atoms with Crippen molar-refractivity contribution in [1.29, 1.82) is 0 Å². The number of hydrogen-bond donors (Lipinski definition) is 0. The summed E-state index contributed by atoms with van der Waals surface area (Å²) in [5.41, 5.74) is 1.18. The molecule has 5 heteroatoms. The molecule has 0 bridgehead atoms. The first-order valence-corrected chi connectivity index (χ1v) is 9.24. The molecule has 0 heterocycles. The summed E-state index contributed by atoms with van der Waals surface area (Å²) < 4.78 is 28.4. The first-order valence-electron chi connectivity index (χ1n) is 7.00. The lowest BCUT2D eigenvalue weighted by Crippen LogP contribution is -2.26. The van der Waals surface area contributed by atoms with Crippen LogP contribution in [-0.2, 0) is 10.0 Å². The molecular weight excluding hydrogens is 374 g/mol. The van der Waals surface area contributed by atoms with Crippen LogP contribution in [0, 0.1) is 0 Å². The van der Waals surface area contributed by atoms with Crippen molar-refractivity contribution in [2.45, 2.75) is 4.90 Å². The van der Waals surface area contributed by atoms with Gasteiger partial charge in [0.15, 0.2) is 0 Å². The van der Waals surface area contributed by atoms with Gasteiger partial charge in [-0.25, -0.2) is 12.7 Å². The van der Waals surface area contributed by atoms with Crippen LogP contribution in [0.15, 0.2) is 94.3 Å². The van der Waals surface area contributed by atoms with E-state index in [4.69, 9.17) is 0 Å². The molecule has 0 aliphatic heterocycles. The number of para-hydroxylation sites is 2. The molecular formula is C18H14BrNO2S. The highest BCUT2D eigenvalue weighted by atomic mass is 79.9. The second-order valence-electron chi connectivity index (χ2n) is 4.87. The van der Waals surface area contributed by atoms with E-state index in [0.717, 1.165) is 0 Å². The molecule has 0 amide bonds. The summed E-state index contributed by atoms with van der Waals surface area (Å²) in [6.45, 7) is 0. The van der Waals surface area contributed by atoms with Gasteiger partial charge in [-0.2, -0.15) is 0 Å². The van der Waals surface area contributed by atoms with Gasteiger partial charge in [-0.15, -0.1) is 0 Å². The fourth-order valence-corrected chi connectivity index (χ4v) is 4.76. The molecule has 0 saturated carbocycles. The Morgan fingerprint density at radius 3 is 1.57 bits per heavy atom. The normalized spacial score (nSPS) is 11.2. The van der Waals surface area contributed by atoms with E-state index in [1.165, 1.54) is 4.31 Å². The molecule has 0 radical (unpaired) electrons. The summed E-state index contributed by atoms with van der Waals surface area (Å²) in [5.74, 6) is 0. The molecule has 0 unspecified atom stereocenters. The number of benzene rings is 3. The van der Waals surface area contributed by atoms with Crippen molar-refractivity contribution in [3.8, 4) is 0 Å². The Morgan fingerprint density at radius 2 is 1.09 bits per heavy atom. The molecule has 3 aromatic rings. The van der Waals surface area contributed by atoms with E-state index in [0.29, 0.717) is 15.8 Å². The third-order valence-corrected chi connectivity index (χ3v) is 6.10. The molecule has 23 heavy (non-hydrogen) atoms. The van der Waals surface area contributed by atoms with Crippen LogP contribution >= 0.6 is 15.9 Å². The van der Waals surface area contributed by atoms with Crippen molar-refractivity contribution in [3.05, 3.63) is 89.4 Å². The van der Waals surface area contributed by atoms with Crippen LogP contribution < -0.4 is 4.31 Å². The van der Waals surface area contributed by atoms with Crippen LogP contribution in [0.5, 0.6) is 0 Å². The standard InChI is InChI=1S/C18H14BrNO2S/c19-17-13-7-8-14-18(17)23(21,22)20(15-9-3-1-4-10-15)16-11-5-2-6-12-16/h1-14H. The lowest BCUT2D eigenvalue weighted by atomic mass is 10.3.